The molecule has 0 spiro atoms. The van der Waals surface area contributed by atoms with E-state index < -0.39 is 5.60 Å². The van der Waals surface area contributed by atoms with E-state index in [1.54, 1.807) is 0 Å². The molecule has 2 unspecified atom stereocenters. The number of fused-ring (bicyclic) bond motifs is 2. The molecule has 1 N–H and O–H groups in total. The molecule has 2 nitrogen and oxygen atoms in total. The van der Waals surface area contributed by atoms with Crippen molar-refractivity contribution in [2.45, 2.75) is 63.4 Å². The van der Waals surface area contributed by atoms with Crippen LogP contribution >= 0.6 is 0 Å². The maximum Gasteiger partial charge on any atom is 0.0951 e. The fourth-order valence-corrected chi connectivity index (χ4v) is 4.36. The molecule has 2 heteroatoms. The lowest BCUT2D eigenvalue weighted by atomic mass is 9.73. The third-order valence-electron chi connectivity index (χ3n) is 5.72. The van der Waals surface area contributed by atoms with Crippen LogP contribution in [-0.2, 0) is 24.9 Å². The van der Waals surface area contributed by atoms with Crippen molar-refractivity contribution in [2.75, 3.05) is 0 Å². The highest BCUT2D eigenvalue weighted by Crippen LogP contribution is 2.44. The van der Waals surface area contributed by atoms with Crippen molar-refractivity contribution >= 4 is 0 Å². The minimum atomic E-state index is -0.855. The van der Waals surface area contributed by atoms with E-state index in [4.69, 9.17) is 4.98 Å². The number of rotatable bonds is 2. The monoisotopic (exact) mass is 307 g/mol. The van der Waals surface area contributed by atoms with Gasteiger partial charge in [-0.2, -0.15) is 0 Å². The standard InChI is InChI=1S/C21H25NO/c1-21(23,17-10-3-2-4-11-17)18-12-7-9-16-14-15-8-5-6-13-19(15)22-20(16)18/h2-4,10-11,14,18,23H,5-9,12-13H2,1H3. The lowest BCUT2D eigenvalue weighted by Gasteiger charge is -2.37. The number of pyridine rings is 1. The maximum absolute atomic E-state index is 11.3. The Labute approximate surface area is 138 Å². The number of aliphatic hydroxyl groups is 1. The smallest absolute Gasteiger partial charge is 0.0951 e. The van der Waals surface area contributed by atoms with E-state index in [2.05, 4.69) is 6.07 Å². The molecule has 0 fully saturated rings. The Bertz CT molecular complexity index is 705. The van der Waals surface area contributed by atoms with Crippen molar-refractivity contribution < 1.29 is 5.11 Å². The fraction of sp³-hybridized carbons (Fsp3) is 0.476. The van der Waals surface area contributed by atoms with Gasteiger partial charge in [-0.1, -0.05) is 36.4 Å². The van der Waals surface area contributed by atoms with E-state index >= 15 is 0 Å². The van der Waals surface area contributed by atoms with E-state index in [9.17, 15) is 5.11 Å². The van der Waals surface area contributed by atoms with E-state index in [-0.39, 0.29) is 5.92 Å². The van der Waals surface area contributed by atoms with Gasteiger partial charge in [-0.15, -0.1) is 0 Å². The van der Waals surface area contributed by atoms with Crippen molar-refractivity contribution in [3.63, 3.8) is 0 Å². The Balaban J connectivity index is 1.78. The zero-order valence-corrected chi connectivity index (χ0v) is 13.9. The minimum absolute atomic E-state index is 0.0980. The first-order valence-corrected chi connectivity index (χ1v) is 8.96. The molecule has 0 radical (unpaired) electrons. The van der Waals surface area contributed by atoms with Gasteiger partial charge in [0.05, 0.1) is 11.3 Å². The van der Waals surface area contributed by atoms with Crippen molar-refractivity contribution in [1.82, 2.24) is 4.98 Å². The zero-order valence-electron chi connectivity index (χ0n) is 13.9. The van der Waals surface area contributed by atoms with Crippen molar-refractivity contribution in [2.24, 2.45) is 0 Å². The third-order valence-corrected chi connectivity index (χ3v) is 5.72. The number of hydrogen-bond acceptors (Lipinski definition) is 2. The predicted molar refractivity (Wildman–Crippen MR) is 92.6 cm³/mol. The zero-order chi connectivity index (χ0) is 15.9. The molecule has 0 aliphatic heterocycles. The van der Waals surface area contributed by atoms with Gasteiger partial charge in [-0.25, -0.2) is 0 Å². The molecule has 2 aliphatic carbocycles. The summed E-state index contributed by atoms with van der Waals surface area (Å²) >= 11 is 0. The van der Waals surface area contributed by atoms with Gasteiger partial charge in [0.1, 0.15) is 0 Å². The molecule has 0 saturated heterocycles. The van der Waals surface area contributed by atoms with Gasteiger partial charge < -0.3 is 5.11 Å². The van der Waals surface area contributed by atoms with E-state index in [1.165, 1.54) is 36.1 Å². The molecule has 2 aliphatic rings. The van der Waals surface area contributed by atoms with E-state index in [0.29, 0.717) is 0 Å². The molecule has 2 aromatic rings. The summed E-state index contributed by atoms with van der Waals surface area (Å²) in [6.45, 7) is 1.96. The molecular formula is C21H25NO. The summed E-state index contributed by atoms with van der Waals surface area (Å²) in [6, 6.07) is 12.5. The van der Waals surface area contributed by atoms with E-state index in [1.807, 2.05) is 37.3 Å². The Kier molecular flexibility index (Phi) is 3.73. The van der Waals surface area contributed by atoms with Crippen LogP contribution in [0.2, 0.25) is 0 Å². The Morgan fingerprint density at radius 3 is 2.57 bits per heavy atom. The SMILES string of the molecule is CC(O)(c1ccccc1)C1CCCc2cc3c(nc21)CCCC3. The normalized spacial score (nSPS) is 22.8. The van der Waals surface area contributed by atoms with Gasteiger partial charge in [-0.05, 0) is 68.6 Å². The first kappa shape index (κ1) is 14.9. The average Bonchev–Trinajstić information content (AvgIpc) is 2.60. The summed E-state index contributed by atoms with van der Waals surface area (Å²) in [5.41, 5.74) is 5.41. The van der Waals surface area contributed by atoms with Crippen molar-refractivity contribution in [3.05, 3.63) is 64.5 Å². The third kappa shape index (κ3) is 2.59. The number of aromatic nitrogens is 1. The summed E-state index contributed by atoms with van der Waals surface area (Å²) in [4.78, 5) is 5.07. The Hall–Kier alpha value is -1.67. The maximum atomic E-state index is 11.3. The van der Waals surface area contributed by atoms with Crippen LogP contribution in [0.3, 0.4) is 0 Å². The first-order chi connectivity index (χ1) is 11.2. The first-order valence-electron chi connectivity index (χ1n) is 8.96. The molecule has 0 amide bonds. The van der Waals surface area contributed by atoms with Crippen LogP contribution in [0.25, 0.3) is 0 Å². The van der Waals surface area contributed by atoms with E-state index in [0.717, 1.165) is 36.9 Å². The van der Waals surface area contributed by atoms with Crippen molar-refractivity contribution in [1.29, 1.82) is 0 Å². The summed E-state index contributed by atoms with van der Waals surface area (Å²) in [6.07, 6.45) is 8.08. The quantitative estimate of drug-likeness (QED) is 0.898. The lowest BCUT2D eigenvalue weighted by molar-refractivity contribution is 0.0188. The van der Waals surface area contributed by atoms with Crippen LogP contribution in [0.5, 0.6) is 0 Å². The summed E-state index contributed by atoms with van der Waals surface area (Å²) in [5, 5.41) is 11.3. The predicted octanol–water partition coefficient (Wildman–Crippen LogP) is 4.29. The molecule has 23 heavy (non-hydrogen) atoms. The van der Waals surface area contributed by atoms with Crippen LogP contribution < -0.4 is 0 Å². The largest absolute Gasteiger partial charge is 0.385 e. The summed E-state index contributed by atoms with van der Waals surface area (Å²) in [7, 11) is 0. The summed E-state index contributed by atoms with van der Waals surface area (Å²) in [5.74, 6) is 0.0980. The molecule has 1 aromatic heterocycles. The van der Waals surface area contributed by atoms with Crippen LogP contribution in [0.1, 0.15) is 66.6 Å². The molecular weight excluding hydrogens is 282 g/mol. The Morgan fingerprint density at radius 1 is 1.00 bits per heavy atom. The highest BCUT2D eigenvalue weighted by atomic mass is 16.3. The molecule has 4 rings (SSSR count). The van der Waals surface area contributed by atoms with Crippen LogP contribution in [0, 0.1) is 0 Å². The fourth-order valence-electron chi connectivity index (χ4n) is 4.36. The molecule has 1 aromatic carbocycles. The molecule has 1 heterocycles. The highest BCUT2D eigenvalue weighted by Gasteiger charge is 2.38. The van der Waals surface area contributed by atoms with Gasteiger partial charge in [0, 0.05) is 11.6 Å². The average molecular weight is 307 g/mol. The highest BCUT2D eigenvalue weighted by molar-refractivity contribution is 5.38. The van der Waals surface area contributed by atoms with Crippen LogP contribution in [-0.4, -0.2) is 10.1 Å². The van der Waals surface area contributed by atoms with Crippen LogP contribution in [0.15, 0.2) is 36.4 Å². The topological polar surface area (TPSA) is 33.1 Å². The number of benzene rings is 1. The molecule has 0 saturated carbocycles. The molecule has 0 bridgehead atoms. The molecule has 2 atom stereocenters. The van der Waals surface area contributed by atoms with Gasteiger partial charge >= 0.3 is 0 Å². The van der Waals surface area contributed by atoms with Gasteiger partial charge in [0.25, 0.3) is 0 Å². The minimum Gasteiger partial charge on any atom is -0.385 e. The van der Waals surface area contributed by atoms with Gasteiger partial charge in [0.2, 0.25) is 0 Å². The van der Waals surface area contributed by atoms with Crippen LogP contribution in [0.4, 0.5) is 0 Å². The Morgan fingerprint density at radius 2 is 1.74 bits per heavy atom. The second-order valence-corrected chi connectivity index (χ2v) is 7.30. The van der Waals surface area contributed by atoms with Gasteiger partial charge in [0.15, 0.2) is 0 Å². The number of aryl methyl sites for hydroxylation is 3. The molecule has 120 valence electrons. The second kappa shape index (κ2) is 5.76. The van der Waals surface area contributed by atoms with Gasteiger partial charge in [-0.3, -0.25) is 4.98 Å². The number of hydrogen-bond donors (Lipinski definition) is 1. The number of nitrogens with zero attached hydrogens (tertiary/aromatic N) is 1. The lowest BCUT2D eigenvalue weighted by Crippen LogP contribution is -2.33. The second-order valence-electron chi connectivity index (χ2n) is 7.30. The van der Waals surface area contributed by atoms with Crippen molar-refractivity contribution in [3.8, 4) is 0 Å². The summed E-state index contributed by atoms with van der Waals surface area (Å²) < 4.78 is 0.